The fourth-order valence-electron chi connectivity index (χ4n) is 2.49. The second kappa shape index (κ2) is 5.43. The molecule has 2 aromatic rings. The van der Waals surface area contributed by atoms with E-state index in [1.54, 1.807) is 6.07 Å². The molecular formula is C17H16F3N. The summed E-state index contributed by atoms with van der Waals surface area (Å²) in [6.45, 7) is 0.550. The third-order valence-electron chi connectivity index (χ3n) is 3.75. The Morgan fingerprint density at radius 1 is 1.00 bits per heavy atom. The molecule has 0 unspecified atom stereocenters. The van der Waals surface area contributed by atoms with Gasteiger partial charge >= 0.3 is 6.18 Å². The molecule has 1 aliphatic rings. The molecule has 0 aliphatic heterocycles. The van der Waals surface area contributed by atoms with Gasteiger partial charge in [-0.1, -0.05) is 30.3 Å². The smallest absolute Gasteiger partial charge is 0.381 e. The van der Waals surface area contributed by atoms with Crippen molar-refractivity contribution in [2.45, 2.75) is 31.5 Å². The second-order valence-corrected chi connectivity index (χ2v) is 5.41. The molecule has 110 valence electrons. The highest BCUT2D eigenvalue weighted by Crippen LogP contribution is 2.41. The van der Waals surface area contributed by atoms with Crippen LogP contribution in [0, 0.1) is 0 Å². The first-order valence-corrected chi connectivity index (χ1v) is 7.03. The Hall–Kier alpha value is -1.97. The van der Waals surface area contributed by atoms with Crippen molar-refractivity contribution in [3.05, 3.63) is 65.2 Å². The van der Waals surface area contributed by atoms with E-state index in [9.17, 15) is 13.2 Å². The summed E-state index contributed by atoms with van der Waals surface area (Å²) in [6.07, 6.45) is -1.88. The zero-order valence-corrected chi connectivity index (χ0v) is 11.5. The Labute approximate surface area is 121 Å². The Bertz CT molecular complexity index is 630. The summed E-state index contributed by atoms with van der Waals surface area (Å²) in [7, 11) is 0. The van der Waals surface area contributed by atoms with Gasteiger partial charge in [0.1, 0.15) is 0 Å². The standard InChI is InChI=1S/C17H16F3N/c18-17(19,20)14-5-3-6-15(10-14)21-11-13-4-1-2-7-16(13)12-8-9-12/h1-7,10,12,21H,8-9,11H2. The molecule has 1 saturated carbocycles. The van der Waals surface area contributed by atoms with Gasteiger partial charge in [0.05, 0.1) is 5.56 Å². The number of nitrogens with one attached hydrogen (secondary N) is 1. The summed E-state index contributed by atoms with van der Waals surface area (Å²) in [6, 6.07) is 13.5. The number of anilines is 1. The number of alkyl halides is 3. The van der Waals surface area contributed by atoms with Crippen molar-refractivity contribution in [2.75, 3.05) is 5.32 Å². The topological polar surface area (TPSA) is 12.0 Å². The first-order chi connectivity index (χ1) is 10.0. The van der Waals surface area contributed by atoms with E-state index in [0.29, 0.717) is 18.2 Å². The molecule has 1 nitrogen and oxygen atoms in total. The largest absolute Gasteiger partial charge is 0.416 e. The average Bonchev–Trinajstić information content (AvgIpc) is 3.29. The third-order valence-corrected chi connectivity index (χ3v) is 3.75. The van der Waals surface area contributed by atoms with E-state index in [4.69, 9.17) is 0 Å². The van der Waals surface area contributed by atoms with E-state index >= 15 is 0 Å². The van der Waals surface area contributed by atoms with E-state index in [1.165, 1.54) is 24.5 Å². The molecule has 0 saturated heterocycles. The van der Waals surface area contributed by atoms with Crippen molar-refractivity contribution >= 4 is 5.69 Å². The van der Waals surface area contributed by atoms with Crippen molar-refractivity contribution in [3.63, 3.8) is 0 Å². The Morgan fingerprint density at radius 3 is 2.48 bits per heavy atom. The predicted molar refractivity (Wildman–Crippen MR) is 77.2 cm³/mol. The molecule has 1 fully saturated rings. The van der Waals surface area contributed by atoms with Crippen LogP contribution in [0.2, 0.25) is 0 Å². The maximum absolute atomic E-state index is 12.7. The highest BCUT2D eigenvalue weighted by Gasteiger charge is 2.30. The zero-order valence-electron chi connectivity index (χ0n) is 11.5. The summed E-state index contributed by atoms with van der Waals surface area (Å²) in [4.78, 5) is 0. The molecule has 0 amide bonds. The molecule has 21 heavy (non-hydrogen) atoms. The zero-order chi connectivity index (χ0) is 14.9. The fourth-order valence-corrected chi connectivity index (χ4v) is 2.49. The monoisotopic (exact) mass is 291 g/mol. The van der Waals surface area contributed by atoms with Crippen LogP contribution < -0.4 is 5.32 Å². The van der Waals surface area contributed by atoms with Crippen LogP contribution in [-0.2, 0) is 12.7 Å². The summed E-state index contributed by atoms with van der Waals surface area (Å²) in [5, 5.41) is 3.10. The van der Waals surface area contributed by atoms with Gasteiger partial charge in [0, 0.05) is 12.2 Å². The molecule has 2 aromatic carbocycles. The van der Waals surface area contributed by atoms with Crippen molar-refractivity contribution in [3.8, 4) is 0 Å². The lowest BCUT2D eigenvalue weighted by Crippen LogP contribution is -2.07. The number of benzene rings is 2. The fraction of sp³-hybridized carbons (Fsp3) is 0.294. The van der Waals surface area contributed by atoms with Crippen molar-refractivity contribution < 1.29 is 13.2 Å². The number of halogens is 3. The van der Waals surface area contributed by atoms with Crippen molar-refractivity contribution in [1.82, 2.24) is 0 Å². The second-order valence-electron chi connectivity index (χ2n) is 5.41. The molecule has 0 spiro atoms. The van der Waals surface area contributed by atoms with Gasteiger partial charge in [-0.3, -0.25) is 0 Å². The van der Waals surface area contributed by atoms with Gasteiger partial charge in [-0.2, -0.15) is 13.2 Å². The predicted octanol–water partition coefficient (Wildman–Crippen LogP) is 5.19. The van der Waals surface area contributed by atoms with E-state index in [1.807, 2.05) is 18.2 Å². The Kier molecular flexibility index (Phi) is 3.62. The minimum absolute atomic E-state index is 0.496. The average molecular weight is 291 g/mol. The summed E-state index contributed by atoms with van der Waals surface area (Å²) < 4.78 is 38.0. The molecule has 1 aliphatic carbocycles. The molecule has 3 rings (SSSR count). The third kappa shape index (κ3) is 3.38. The summed E-state index contributed by atoms with van der Waals surface area (Å²) >= 11 is 0. The quantitative estimate of drug-likeness (QED) is 0.817. The summed E-state index contributed by atoms with van der Waals surface area (Å²) in [5.74, 6) is 0.629. The number of hydrogen-bond acceptors (Lipinski definition) is 1. The van der Waals surface area contributed by atoms with Crippen LogP contribution in [0.5, 0.6) is 0 Å². The Balaban J connectivity index is 1.73. The van der Waals surface area contributed by atoms with Gasteiger partial charge in [0.2, 0.25) is 0 Å². The maximum Gasteiger partial charge on any atom is 0.416 e. The van der Waals surface area contributed by atoms with E-state index < -0.39 is 11.7 Å². The van der Waals surface area contributed by atoms with Gasteiger partial charge in [0.15, 0.2) is 0 Å². The number of rotatable bonds is 4. The molecule has 0 bridgehead atoms. The molecule has 1 N–H and O–H groups in total. The SMILES string of the molecule is FC(F)(F)c1cccc(NCc2ccccc2C2CC2)c1. The lowest BCUT2D eigenvalue weighted by molar-refractivity contribution is -0.137. The van der Waals surface area contributed by atoms with Crippen LogP contribution in [-0.4, -0.2) is 0 Å². The summed E-state index contributed by atoms with van der Waals surface area (Å²) in [5.41, 5.74) is 2.35. The van der Waals surface area contributed by atoms with E-state index in [2.05, 4.69) is 11.4 Å². The van der Waals surface area contributed by atoms with Gasteiger partial charge in [0.25, 0.3) is 0 Å². The van der Waals surface area contributed by atoms with Gasteiger partial charge in [-0.05, 0) is 48.1 Å². The van der Waals surface area contributed by atoms with Gasteiger partial charge in [-0.25, -0.2) is 0 Å². The molecule has 0 heterocycles. The molecule has 4 heteroatoms. The first kappa shape index (κ1) is 14.0. The highest BCUT2D eigenvalue weighted by atomic mass is 19.4. The van der Waals surface area contributed by atoms with Gasteiger partial charge in [-0.15, -0.1) is 0 Å². The van der Waals surface area contributed by atoms with Crippen LogP contribution in [0.1, 0.15) is 35.4 Å². The number of hydrogen-bond donors (Lipinski definition) is 1. The molecule has 0 radical (unpaired) electrons. The lowest BCUT2D eigenvalue weighted by atomic mass is 10.0. The van der Waals surface area contributed by atoms with E-state index in [0.717, 1.165) is 17.7 Å². The van der Waals surface area contributed by atoms with Crippen LogP contribution in [0.25, 0.3) is 0 Å². The highest BCUT2D eigenvalue weighted by molar-refractivity contribution is 5.47. The minimum atomic E-state index is -4.30. The maximum atomic E-state index is 12.7. The van der Waals surface area contributed by atoms with Crippen molar-refractivity contribution in [1.29, 1.82) is 0 Å². The van der Waals surface area contributed by atoms with Crippen LogP contribution in [0.4, 0.5) is 18.9 Å². The van der Waals surface area contributed by atoms with Crippen LogP contribution in [0.15, 0.2) is 48.5 Å². The van der Waals surface area contributed by atoms with Crippen molar-refractivity contribution in [2.24, 2.45) is 0 Å². The molecule has 0 atom stereocenters. The Morgan fingerprint density at radius 2 is 1.76 bits per heavy atom. The van der Waals surface area contributed by atoms with Crippen LogP contribution >= 0.6 is 0 Å². The first-order valence-electron chi connectivity index (χ1n) is 7.03. The molecule has 0 aromatic heterocycles. The van der Waals surface area contributed by atoms with Crippen LogP contribution in [0.3, 0.4) is 0 Å². The van der Waals surface area contributed by atoms with Gasteiger partial charge < -0.3 is 5.32 Å². The minimum Gasteiger partial charge on any atom is -0.381 e. The normalized spacial score (nSPS) is 15.0. The van der Waals surface area contributed by atoms with E-state index in [-0.39, 0.29) is 0 Å². The lowest BCUT2D eigenvalue weighted by Gasteiger charge is -2.13. The molecular weight excluding hydrogens is 275 g/mol.